The second kappa shape index (κ2) is 8.73. The van der Waals surface area contributed by atoms with Gasteiger partial charge in [0, 0.05) is 6.54 Å². The van der Waals surface area contributed by atoms with Crippen molar-refractivity contribution in [2.75, 3.05) is 6.54 Å². The summed E-state index contributed by atoms with van der Waals surface area (Å²) in [5, 5.41) is 5.50. The third-order valence-electron chi connectivity index (χ3n) is 8.57. The van der Waals surface area contributed by atoms with Crippen LogP contribution in [0.4, 0.5) is 4.79 Å². The van der Waals surface area contributed by atoms with Crippen LogP contribution in [0.2, 0.25) is 0 Å². The van der Waals surface area contributed by atoms with Gasteiger partial charge in [0.25, 0.3) is 5.91 Å². The van der Waals surface area contributed by atoms with Crippen LogP contribution in [0.15, 0.2) is 0 Å². The minimum absolute atomic E-state index is 0.0790. The van der Waals surface area contributed by atoms with Crippen molar-refractivity contribution >= 4 is 29.6 Å². The van der Waals surface area contributed by atoms with Crippen LogP contribution in [0, 0.1) is 28.6 Å². The van der Waals surface area contributed by atoms with E-state index in [1.54, 1.807) is 0 Å². The Morgan fingerprint density at radius 2 is 1.67 bits per heavy atom. The zero-order valence-corrected chi connectivity index (χ0v) is 22.2. The van der Waals surface area contributed by atoms with Gasteiger partial charge in [0.2, 0.25) is 17.6 Å². The maximum absolute atomic E-state index is 13.9. The van der Waals surface area contributed by atoms with Crippen LogP contribution in [0.1, 0.15) is 73.6 Å². The molecule has 0 aromatic heterocycles. The van der Waals surface area contributed by atoms with E-state index in [1.807, 2.05) is 27.7 Å². The van der Waals surface area contributed by atoms with E-state index in [0.29, 0.717) is 13.0 Å². The number of nitrogens with one attached hydrogen (secondary N) is 2. The van der Waals surface area contributed by atoms with Gasteiger partial charge < -0.3 is 26.0 Å². The highest BCUT2D eigenvalue weighted by molar-refractivity contribution is 6.37. The van der Waals surface area contributed by atoms with Gasteiger partial charge in [0.15, 0.2) is 0 Å². The van der Waals surface area contributed by atoms with Crippen molar-refractivity contribution in [3.8, 4) is 0 Å². The predicted molar refractivity (Wildman–Crippen MR) is 130 cm³/mol. The molecule has 1 heterocycles. The molecule has 0 aromatic carbocycles. The van der Waals surface area contributed by atoms with Gasteiger partial charge in [-0.1, -0.05) is 47.5 Å². The topological polar surface area (TPSA) is 148 Å². The Morgan fingerprint density at radius 3 is 2.17 bits per heavy atom. The summed E-state index contributed by atoms with van der Waals surface area (Å²) in [5.74, 6) is -2.38. The summed E-state index contributed by atoms with van der Waals surface area (Å²) in [6.07, 6.45) is 3.17. The number of primary amides is 1. The van der Waals surface area contributed by atoms with Crippen LogP contribution >= 0.6 is 0 Å². The lowest BCUT2D eigenvalue weighted by molar-refractivity contribution is -0.145. The Balaban J connectivity index is 1.53. The largest absolute Gasteiger partial charge is 0.443 e. The summed E-state index contributed by atoms with van der Waals surface area (Å²) in [6.45, 7) is 11.9. The number of likely N-dealkylation sites (tertiary alicyclic amines) is 1. The highest BCUT2D eigenvalue weighted by atomic mass is 16.6. The first-order valence-electron chi connectivity index (χ1n) is 13.0. The van der Waals surface area contributed by atoms with Crippen LogP contribution in [-0.4, -0.2) is 64.8 Å². The van der Waals surface area contributed by atoms with Gasteiger partial charge in [-0.3, -0.25) is 19.2 Å². The minimum atomic E-state index is -1.08. The maximum atomic E-state index is 13.9. The van der Waals surface area contributed by atoms with Crippen molar-refractivity contribution in [1.29, 1.82) is 0 Å². The van der Waals surface area contributed by atoms with Crippen molar-refractivity contribution in [3.63, 3.8) is 0 Å². The van der Waals surface area contributed by atoms with E-state index in [-0.39, 0.29) is 29.1 Å². The smallest absolute Gasteiger partial charge is 0.408 e. The molecule has 1 aliphatic heterocycles. The van der Waals surface area contributed by atoms with Crippen molar-refractivity contribution in [1.82, 2.24) is 15.5 Å². The molecule has 0 bridgehead atoms. The minimum Gasteiger partial charge on any atom is -0.443 e. The SMILES string of the molecule is CC1(OC(=O)N[C@H](C(=O)N2C[C@H]3[C@@H]([C@H]2C(=O)NC(CC2CC2)C(=O)C(N)=O)C3(C)C)C(C)(C)C)CC1. The number of nitrogens with zero attached hydrogens (tertiary/aromatic N) is 1. The number of carbonyl (C=O) groups is 5. The molecule has 4 amide bonds. The molecule has 0 spiro atoms. The third-order valence-corrected chi connectivity index (χ3v) is 8.57. The van der Waals surface area contributed by atoms with Crippen LogP contribution in [-0.2, 0) is 23.9 Å². The normalized spacial score (nSPS) is 28.8. The number of amides is 4. The number of alkyl carbamates (subject to hydrolysis) is 1. The number of carbonyl (C=O) groups excluding carboxylic acids is 5. The molecule has 0 aromatic rings. The van der Waals surface area contributed by atoms with Gasteiger partial charge in [0.1, 0.15) is 17.7 Å². The van der Waals surface area contributed by atoms with Gasteiger partial charge in [-0.25, -0.2) is 4.79 Å². The molecule has 0 radical (unpaired) electrons. The highest BCUT2D eigenvalue weighted by Gasteiger charge is 2.70. The van der Waals surface area contributed by atoms with Gasteiger partial charge >= 0.3 is 6.09 Å². The molecule has 1 unspecified atom stereocenters. The lowest BCUT2D eigenvalue weighted by Crippen LogP contribution is -2.60. The first kappa shape index (κ1) is 26.4. The fourth-order valence-corrected chi connectivity index (χ4v) is 5.62. The van der Waals surface area contributed by atoms with Crippen molar-refractivity contribution in [2.45, 2.75) is 97.4 Å². The molecule has 5 atom stereocenters. The summed E-state index contributed by atoms with van der Waals surface area (Å²) in [4.78, 5) is 65.6. The third kappa shape index (κ3) is 5.22. The van der Waals surface area contributed by atoms with Crippen LogP contribution in [0.3, 0.4) is 0 Å². The summed E-state index contributed by atoms with van der Waals surface area (Å²) in [6, 6.07) is -2.70. The predicted octanol–water partition coefficient (Wildman–Crippen LogP) is 1.50. The van der Waals surface area contributed by atoms with E-state index < -0.39 is 52.8 Å². The Bertz CT molecular complexity index is 977. The quantitative estimate of drug-likeness (QED) is 0.405. The van der Waals surface area contributed by atoms with Crippen molar-refractivity contribution in [2.24, 2.45) is 34.3 Å². The molecule has 10 heteroatoms. The molecule has 3 saturated carbocycles. The first-order chi connectivity index (χ1) is 16.5. The van der Waals surface area contributed by atoms with E-state index in [1.165, 1.54) is 4.90 Å². The summed E-state index contributed by atoms with van der Waals surface area (Å²) >= 11 is 0. The summed E-state index contributed by atoms with van der Waals surface area (Å²) < 4.78 is 5.49. The lowest BCUT2D eigenvalue weighted by atomic mass is 9.85. The van der Waals surface area contributed by atoms with Gasteiger partial charge in [-0.15, -0.1) is 0 Å². The average Bonchev–Trinajstić information content (AvgIpc) is 3.71. The zero-order chi connectivity index (χ0) is 26.8. The summed E-state index contributed by atoms with van der Waals surface area (Å²) in [5.41, 5.74) is 3.98. The first-order valence-corrected chi connectivity index (χ1v) is 13.0. The number of Topliss-reactive ketones (excluding diaryl/α,β-unsaturated/α-hetero) is 1. The van der Waals surface area contributed by atoms with Gasteiger partial charge in [-0.05, 0) is 54.8 Å². The molecule has 4 fully saturated rings. The second-order valence-electron chi connectivity index (χ2n) is 13.1. The fraction of sp³-hybridized carbons (Fsp3) is 0.808. The molecular weight excluding hydrogens is 464 g/mol. The monoisotopic (exact) mass is 504 g/mol. The number of rotatable bonds is 9. The van der Waals surface area contributed by atoms with Crippen LogP contribution in [0.25, 0.3) is 0 Å². The number of hydrogen-bond donors (Lipinski definition) is 3. The molecule has 10 nitrogen and oxygen atoms in total. The van der Waals surface area contributed by atoms with Crippen molar-refractivity contribution in [3.05, 3.63) is 0 Å². The molecular formula is C26H40N4O6. The second-order valence-corrected chi connectivity index (χ2v) is 13.1. The van der Waals surface area contributed by atoms with Gasteiger partial charge in [-0.2, -0.15) is 0 Å². The molecule has 36 heavy (non-hydrogen) atoms. The highest BCUT2D eigenvalue weighted by Crippen LogP contribution is 2.65. The molecule has 1 saturated heterocycles. The van der Waals surface area contributed by atoms with Crippen LogP contribution < -0.4 is 16.4 Å². The number of fused-ring (bicyclic) bond motifs is 1. The van der Waals surface area contributed by atoms with E-state index in [2.05, 4.69) is 24.5 Å². The number of piperidine rings is 1. The van der Waals surface area contributed by atoms with E-state index in [4.69, 9.17) is 10.5 Å². The van der Waals surface area contributed by atoms with E-state index >= 15 is 0 Å². The Hall–Kier alpha value is -2.65. The summed E-state index contributed by atoms with van der Waals surface area (Å²) in [7, 11) is 0. The Labute approximate surface area is 212 Å². The molecule has 200 valence electrons. The number of ketones is 1. The number of nitrogens with two attached hydrogens (primary N) is 1. The fourth-order valence-electron chi connectivity index (χ4n) is 5.62. The zero-order valence-electron chi connectivity index (χ0n) is 22.2. The molecule has 4 N–H and O–H groups in total. The Morgan fingerprint density at radius 1 is 1.06 bits per heavy atom. The number of hydrogen-bond acceptors (Lipinski definition) is 6. The van der Waals surface area contributed by atoms with Crippen LogP contribution in [0.5, 0.6) is 0 Å². The average molecular weight is 505 g/mol. The van der Waals surface area contributed by atoms with E-state index in [9.17, 15) is 24.0 Å². The number of ether oxygens (including phenoxy) is 1. The maximum Gasteiger partial charge on any atom is 0.408 e. The van der Waals surface area contributed by atoms with Crippen molar-refractivity contribution < 1.29 is 28.7 Å². The Kier molecular flexibility index (Phi) is 6.41. The standard InChI is InChI=1S/C26H40N4O6/c1-24(2,3)19(29-23(35)36-26(6)9-10-26)22(34)30-12-14-16(25(14,4)5)17(30)21(33)28-15(11-13-7-8-13)18(31)20(27)32/h13-17,19H,7-12H2,1-6H3,(H2,27,32)(H,28,33)(H,29,35)/t14-,15?,16-,17-,19+/m0/s1. The lowest BCUT2D eigenvalue weighted by Gasteiger charge is -2.37. The van der Waals surface area contributed by atoms with Gasteiger partial charge in [0.05, 0.1) is 6.04 Å². The molecule has 4 rings (SSSR count). The van der Waals surface area contributed by atoms with E-state index in [0.717, 1.165) is 25.7 Å². The molecule has 4 aliphatic rings. The molecule has 3 aliphatic carbocycles.